The third kappa shape index (κ3) is 5.78. The Balaban J connectivity index is 3.32. The van der Waals surface area contributed by atoms with Gasteiger partial charge in [0, 0.05) is 30.6 Å². The van der Waals surface area contributed by atoms with Crippen LogP contribution in [0.2, 0.25) is 0 Å². The summed E-state index contributed by atoms with van der Waals surface area (Å²) in [6, 6.07) is 8.49. The van der Waals surface area contributed by atoms with Gasteiger partial charge in [0.25, 0.3) is 0 Å². The maximum atomic E-state index is 4.82. The van der Waals surface area contributed by atoms with Crippen molar-refractivity contribution in [1.29, 1.82) is 0 Å². The first kappa shape index (κ1) is 21.5. The van der Waals surface area contributed by atoms with Crippen LogP contribution in [-0.2, 0) is 0 Å². The highest BCUT2D eigenvalue weighted by Crippen LogP contribution is 2.18. The number of rotatable bonds is 8. The number of nitrogens with zero attached hydrogens (tertiary/aromatic N) is 2. The van der Waals surface area contributed by atoms with Gasteiger partial charge >= 0.3 is 0 Å². The molecule has 0 heterocycles. The number of hydrogen-bond donors (Lipinski definition) is 1. The molecule has 0 aromatic heterocycles. The van der Waals surface area contributed by atoms with E-state index in [1.807, 2.05) is 46.0 Å². The Morgan fingerprint density at radius 2 is 1.88 bits per heavy atom. The first-order chi connectivity index (χ1) is 12.5. The summed E-state index contributed by atoms with van der Waals surface area (Å²) in [5.74, 6) is 0. The van der Waals surface area contributed by atoms with E-state index in [2.05, 4.69) is 54.2 Å². The monoisotopic (exact) mass is 349 g/mol. The lowest BCUT2D eigenvalue weighted by Gasteiger charge is -2.10. The zero-order valence-corrected chi connectivity index (χ0v) is 16.9. The summed E-state index contributed by atoms with van der Waals surface area (Å²) in [6.45, 7) is 12.8. The molecule has 1 aromatic rings. The standard InChI is InChI=1S/C23H31N3/c1-8-12-23(25-7)22(10-3)18(5)26-17(4)20-13-11-14-21(15-20)19(9-2)16-24-6/h8-15,24H,3,16H2,1-2,4-7H3/b12-8-,19-9+,22-18+,25-23?,26-17?. The van der Waals surface area contributed by atoms with Crippen LogP contribution in [0.15, 0.2) is 76.4 Å². The molecule has 138 valence electrons. The van der Waals surface area contributed by atoms with E-state index in [0.29, 0.717) is 0 Å². The molecule has 0 aliphatic heterocycles. The van der Waals surface area contributed by atoms with Gasteiger partial charge in [0.15, 0.2) is 0 Å². The van der Waals surface area contributed by atoms with Crippen LogP contribution in [0.1, 0.15) is 38.8 Å². The van der Waals surface area contributed by atoms with Crippen LogP contribution < -0.4 is 5.32 Å². The minimum atomic E-state index is 0.843. The molecule has 3 heteroatoms. The van der Waals surface area contributed by atoms with Gasteiger partial charge in [0.2, 0.25) is 0 Å². The lowest BCUT2D eigenvalue weighted by Crippen LogP contribution is -2.10. The topological polar surface area (TPSA) is 36.8 Å². The molecule has 0 aliphatic carbocycles. The summed E-state index contributed by atoms with van der Waals surface area (Å²) in [7, 11) is 3.75. The summed E-state index contributed by atoms with van der Waals surface area (Å²) < 4.78 is 0. The van der Waals surface area contributed by atoms with E-state index in [0.717, 1.165) is 34.8 Å². The third-order valence-electron chi connectivity index (χ3n) is 4.14. The van der Waals surface area contributed by atoms with Gasteiger partial charge in [0.1, 0.15) is 0 Å². The number of benzene rings is 1. The lowest BCUT2D eigenvalue weighted by atomic mass is 10.0. The Labute approximate surface area is 158 Å². The largest absolute Gasteiger partial charge is 0.316 e. The predicted molar refractivity (Wildman–Crippen MR) is 117 cm³/mol. The number of hydrogen-bond acceptors (Lipinski definition) is 3. The second kappa shape index (κ2) is 11.2. The molecule has 1 rings (SSSR count). The molecule has 26 heavy (non-hydrogen) atoms. The molecule has 0 saturated carbocycles. The van der Waals surface area contributed by atoms with Crippen LogP contribution in [0.4, 0.5) is 0 Å². The van der Waals surface area contributed by atoms with Gasteiger partial charge in [-0.25, -0.2) is 0 Å². The van der Waals surface area contributed by atoms with Gasteiger partial charge in [-0.05, 0) is 63.6 Å². The molecule has 0 atom stereocenters. The molecule has 1 N–H and O–H groups in total. The van der Waals surface area contributed by atoms with E-state index in [4.69, 9.17) is 4.99 Å². The Morgan fingerprint density at radius 1 is 1.19 bits per heavy atom. The van der Waals surface area contributed by atoms with Gasteiger partial charge < -0.3 is 5.32 Å². The normalized spacial score (nSPS) is 14.6. The van der Waals surface area contributed by atoms with Gasteiger partial charge in [-0.15, -0.1) is 0 Å². The summed E-state index contributed by atoms with van der Waals surface area (Å²) in [6.07, 6.45) is 7.90. The SMILES string of the molecule is C=C/C(C(/C=C\C)=NC)=C(/C)N=C(C)c1cccc(/C(=C/C)CNC)c1. The summed E-state index contributed by atoms with van der Waals surface area (Å²) in [4.78, 5) is 9.15. The highest BCUT2D eigenvalue weighted by molar-refractivity contribution is 6.11. The molecule has 3 nitrogen and oxygen atoms in total. The Kier molecular flexibility index (Phi) is 9.24. The molecule has 1 aromatic carbocycles. The van der Waals surface area contributed by atoms with Crippen molar-refractivity contribution < 1.29 is 0 Å². The van der Waals surface area contributed by atoms with Crippen molar-refractivity contribution in [3.63, 3.8) is 0 Å². The van der Waals surface area contributed by atoms with Gasteiger partial charge in [0.05, 0.1) is 5.71 Å². The number of allylic oxidation sites excluding steroid dienone is 6. The van der Waals surface area contributed by atoms with E-state index >= 15 is 0 Å². The predicted octanol–water partition coefficient (Wildman–Crippen LogP) is 5.23. The molecule has 0 unspecified atom stereocenters. The van der Waals surface area contributed by atoms with Crippen molar-refractivity contribution in [2.24, 2.45) is 9.98 Å². The van der Waals surface area contributed by atoms with E-state index in [1.54, 1.807) is 7.05 Å². The van der Waals surface area contributed by atoms with Gasteiger partial charge in [-0.3, -0.25) is 9.98 Å². The number of aliphatic imine (C=N–C) groups is 2. The molecule has 0 bridgehead atoms. The molecule has 0 spiro atoms. The number of nitrogens with one attached hydrogen (secondary N) is 1. The van der Waals surface area contributed by atoms with Crippen LogP contribution in [0, 0.1) is 0 Å². The van der Waals surface area contributed by atoms with Crippen LogP contribution in [0.5, 0.6) is 0 Å². The van der Waals surface area contributed by atoms with Crippen molar-refractivity contribution in [3.8, 4) is 0 Å². The minimum absolute atomic E-state index is 0.843. The first-order valence-electron chi connectivity index (χ1n) is 8.91. The molecular formula is C23H31N3. The van der Waals surface area contributed by atoms with Crippen molar-refractivity contribution in [1.82, 2.24) is 5.32 Å². The Morgan fingerprint density at radius 3 is 2.42 bits per heavy atom. The first-order valence-corrected chi connectivity index (χ1v) is 8.91. The van der Waals surface area contributed by atoms with Gasteiger partial charge in [-0.2, -0.15) is 0 Å². The fourth-order valence-corrected chi connectivity index (χ4v) is 2.76. The highest BCUT2D eigenvalue weighted by atomic mass is 14.8. The second-order valence-electron chi connectivity index (χ2n) is 5.93. The quantitative estimate of drug-likeness (QED) is 0.506. The summed E-state index contributed by atoms with van der Waals surface area (Å²) in [5, 5.41) is 3.21. The van der Waals surface area contributed by atoms with E-state index in [1.165, 1.54) is 11.1 Å². The number of likely N-dealkylation sites (N-methyl/N-ethyl adjacent to an activating group) is 1. The third-order valence-corrected chi connectivity index (χ3v) is 4.14. The second-order valence-corrected chi connectivity index (χ2v) is 5.93. The van der Waals surface area contributed by atoms with E-state index in [-0.39, 0.29) is 0 Å². The molecule has 0 fully saturated rings. The average molecular weight is 350 g/mol. The molecule has 0 radical (unpaired) electrons. The van der Waals surface area contributed by atoms with Crippen LogP contribution in [0.25, 0.3) is 5.57 Å². The maximum absolute atomic E-state index is 4.82. The van der Waals surface area contributed by atoms with Crippen molar-refractivity contribution in [2.75, 3.05) is 20.6 Å². The fourth-order valence-electron chi connectivity index (χ4n) is 2.76. The van der Waals surface area contributed by atoms with E-state index in [9.17, 15) is 0 Å². The summed E-state index contributed by atoms with van der Waals surface area (Å²) in [5.41, 5.74) is 7.31. The summed E-state index contributed by atoms with van der Waals surface area (Å²) >= 11 is 0. The highest BCUT2D eigenvalue weighted by Gasteiger charge is 2.06. The molecule has 0 amide bonds. The maximum Gasteiger partial charge on any atom is 0.0657 e. The zero-order valence-electron chi connectivity index (χ0n) is 16.9. The van der Waals surface area contributed by atoms with Crippen molar-refractivity contribution in [3.05, 3.63) is 77.5 Å². The molecule has 0 saturated heterocycles. The fraction of sp³-hybridized carbons (Fsp3) is 0.304. The molecule has 0 aliphatic rings. The van der Waals surface area contributed by atoms with E-state index < -0.39 is 0 Å². The zero-order chi connectivity index (χ0) is 19.5. The Bertz CT molecular complexity index is 774. The van der Waals surface area contributed by atoms with Crippen LogP contribution >= 0.6 is 0 Å². The molecular weight excluding hydrogens is 318 g/mol. The van der Waals surface area contributed by atoms with Crippen molar-refractivity contribution in [2.45, 2.75) is 27.7 Å². The average Bonchev–Trinajstić information content (AvgIpc) is 2.65. The van der Waals surface area contributed by atoms with Crippen LogP contribution in [-0.4, -0.2) is 32.1 Å². The minimum Gasteiger partial charge on any atom is -0.316 e. The lowest BCUT2D eigenvalue weighted by molar-refractivity contribution is 0.930. The van der Waals surface area contributed by atoms with Gasteiger partial charge in [-0.1, -0.05) is 43.0 Å². The van der Waals surface area contributed by atoms with Crippen molar-refractivity contribution >= 4 is 17.0 Å². The van der Waals surface area contributed by atoms with Crippen LogP contribution in [0.3, 0.4) is 0 Å². The smallest absolute Gasteiger partial charge is 0.0657 e. The Hall–Kier alpha value is -2.52.